The zero-order valence-corrected chi connectivity index (χ0v) is 15.0. The second kappa shape index (κ2) is 7.20. The first kappa shape index (κ1) is 17.2. The predicted octanol–water partition coefficient (Wildman–Crippen LogP) is 2.83. The van der Waals surface area contributed by atoms with Gasteiger partial charge in [0.2, 0.25) is 0 Å². The highest BCUT2D eigenvalue weighted by Crippen LogP contribution is 2.21. The molecule has 7 nitrogen and oxygen atoms in total. The fourth-order valence-corrected chi connectivity index (χ4v) is 3.05. The number of pyridine rings is 2. The third-order valence-corrected chi connectivity index (χ3v) is 4.64. The van der Waals surface area contributed by atoms with Crippen molar-refractivity contribution in [3.63, 3.8) is 0 Å². The Morgan fingerprint density at radius 3 is 2.81 bits per heavy atom. The number of para-hydroxylation sites is 1. The molecule has 0 bridgehead atoms. The number of nitrogens with zero attached hydrogens (tertiary/aromatic N) is 3. The van der Waals surface area contributed by atoms with Crippen molar-refractivity contribution in [2.75, 3.05) is 11.9 Å². The van der Waals surface area contributed by atoms with Crippen molar-refractivity contribution >= 4 is 27.8 Å². The highest BCUT2D eigenvalue weighted by atomic mass is 16.3. The van der Waals surface area contributed by atoms with Crippen LogP contribution in [0.2, 0.25) is 0 Å². The summed E-state index contributed by atoms with van der Waals surface area (Å²) in [5.74, 6) is 0.688. The summed E-state index contributed by atoms with van der Waals surface area (Å²) in [7, 11) is 0. The highest BCUT2D eigenvalue weighted by molar-refractivity contribution is 6.00. The van der Waals surface area contributed by atoms with Crippen molar-refractivity contribution in [1.29, 1.82) is 0 Å². The zero-order chi connectivity index (χ0) is 18.8. The molecule has 7 heteroatoms. The summed E-state index contributed by atoms with van der Waals surface area (Å²) in [5, 5.41) is 16.6. The Bertz CT molecular complexity index is 1130. The first-order valence-corrected chi connectivity index (χ1v) is 9.05. The molecule has 0 aliphatic rings. The zero-order valence-electron chi connectivity index (χ0n) is 15.0. The van der Waals surface area contributed by atoms with Crippen LogP contribution in [0.3, 0.4) is 0 Å². The molecule has 0 fully saturated rings. The first-order chi connectivity index (χ1) is 13.2. The SMILES string of the molecule is CCC(O)CCNc1ccc2ncc3c(=O)n(-c4ccccc4)[nH]c3c2n1. The van der Waals surface area contributed by atoms with Crippen LogP contribution in [0.25, 0.3) is 27.6 Å². The minimum Gasteiger partial charge on any atom is -0.393 e. The van der Waals surface area contributed by atoms with E-state index in [0.29, 0.717) is 40.7 Å². The molecule has 3 aromatic heterocycles. The van der Waals surface area contributed by atoms with Gasteiger partial charge in [-0.3, -0.25) is 14.9 Å². The molecule has 0 radical (unpaired) electrons. The van der Waals surface area contributed by atoms with Gasteiger partial charge in [0.25, 0.3) is 5.56 Å². The number of H-pyrrole nitrogens is 1. The van der Waals surface area contributed by atoms with Crippen LogP contribution < -0.4 is 10.9 Å². The van der Waals surface area contributed by atoms with Crippen molar-refractivity contribution in [3.05, 3.63) is 59.0 Å². The third-order valence-electron chi connectivity index (χ3n) is 4.64. The van der Waals surface area contributed by atoms with Crippen LogP contribution in [-0.2, 0) is 0 Å². The third kappa shape index (κ3) is 3.29. The Balaban J connectivity index is 1.75. The number of anilines is 1. The van der Waals surface area contributed by atoms with Crippen LogP contribution in [0.1, 0.15) is 19.8 Å². The normalized spacial score (nSPS) is 12.5. The molecule has 0 saturated carbocycles. The second-order valence-corrected chi connectivity index (χ2v) is 6.48. The minimum absolute atomic E-state index is 0.156. The standard InChI is InChI=1S/C20H21N5O2/c1-2-14(26)10-11-21-17-9-8-16-19(23-17)18-15(12-22-16)20(27)25(24-18)13-6-4-3-5-7-13/h3-9,12,14,24,26H,2,10-11H2,1H3,(H,21,23). The van der Waals surface area contributed by atoms with Gasteiger partial charge in [-0.2, -0.15) is 0 Å². The van der Waals surface area contributed by atoms with Gasteiger partial charge in [0, 0.05) is 12.7 Å². The summed E-state index contributed by atoms with van der Waals surface area (Å²) in [6.45, 7) is 2.58. The molecule has 0 amide bonds. The van der Waals surface area contributed by atoms with Crippen molar-refractivity contribution in [1.82, 2.24) is 19.7 Å². The number of aromatic nitrogens is 4. The van der Waals surface area contributed by atoms with E-state index in [1.165, 1.54) is 4.68 Å². The molecule has 1 aromatic carbocycles. The molecular weight excluding hydrogens is 342 g/mol. The van der Waals surface area contributed by atoms with E-state index < -0.39 is 0 Å². The van der Waals surface area contributed by atoms with Crippen LogP contribution in [0.15, 0.2) is 53.5 Å². The summed E-state index contributed by atoms with van der Waals surface area (Å²) in [4.78, 5) is 21.8. The van der Waals surface area contributed by atoms with Crippen molar-refractivity contribution in [2.24, 2.45) is 0 Å². The van der Waals surface area contributed by atoms with Gasteiger partial charge in [-0.15, -0.1) is 0 Å². The molecule has 0 spiro atoms. The smallest absolute Gasteiger partial charge is 0.280 e. The molecule has 0 aliphatic heterocycles. The lowest BCUT2D eigenvalue weighted by molar-refractivity contribution is 0.164. The van der Waals surface area contributed by atoms with E-state index in [1.807, 2.05) is 49.4 Å². The van der Waals surface area contributed by atoms with Gasteiger partial charge in [-0.05, 0) is 37.1 Å². The summed E-state index contributed by atoms with van der Waals surface area (Å²) < 4.78 is 1.51. The van der Waals surface area contributed by atoms with Crippen LogP contribution in [-0.4, -0.2) is 37.5 Å². The molecule has 0 aliphatic carbocycles. The topological polar surface area (TPSA) is 95.8 Å². The number of aliphatic hydroxyl groups is 1. The van der Waals surface area contributed by atoms with E-state index in [4.69, 9.17) is 0 Å². The fraction of sp³-hybridized carbons (Fsp3) is 0.250. The van der Waals surface area contributed by atoms with Crippen LogP contribution in [0.4, 0.5) is 5.82 Å². The number of hydrogen-bond acceptors (Lipinski definition) is 5. The summed E-state index contributed by atoms with van der Waals surface area (Å²) in [6, 6.07) is 13.1. The number of aliphatic hydroxyl groups excluding tert-OH is 1. The number of fused-ring (bicyclic) bond motifs is 3. The van der Waals surface area contributed by atoms with Crippen molar-refractivity contribution in [2.45, 2.75) is 25.9 Å². The predicted molar refractivity (Wildman–Crippen MR) is 106 cm³/mol. The summed E-state index contributed by atoms with van der Waals surface area (Å²) >= 11 is 0. The van der Waals surface area contributed by atoms with E-state index in [1.54, 1.807) is 6.20 Å². The maximum Gasteiger partial charge on any atom is 0.280 e. The molecule has 138 valence electrons. The van der Waals surface area contributed by atoms with Crippen LogP contribution in [0, 0.1) is 0 Å². The number of rotatable bonds is 6. The lowest BCUT2D eigenvalue weighted by Gasteiger charge is -2.09. The molecular formula is C20H21N5O2. The Kier molecular flexibility index (Phi) is 4.60. The Hall–Kier alpha value is -3.19. The maximum absolute atomic E-state index is 12.8. The summed E-state index contributed by atoms with van der Waals surface area (Å²) in [6.07, 6.45) is 2.65. The van der Waals surface area contributed by atoms with E-state index in [2.05, 4.69) is 20.4 Å². The number of hydrogen-bond donors (Lipinski definition) is 3. The van der Waals surface area contributed by atoms with Gasteiger partial charge in [-0.25, -0.2) is 9.67 Å². The number of benzene rings is 1. The average molecular weight is 363 g/mol. The molecule has 3 heterocycles. The summed E-state index contributed by atoms with van der Waals surface area (Å²) in [5.41, 5.74) is 2.61. The van der Waals surface area contributed by atoms with Gasteiger partial charge in [0.1, 0.15) is 11.3 Å². The van der Waals surface area contributed by atoms with E-state index in [9.17, 15) is 9.90 Å². The molecule has 4 rings (SSSR count). The highest BCUT2D eigenvalue weighted by Gasteiger charge is 2.13. The molecule has 3 N–H and O–H groups in total. The molecule has 0 saturated heterocycles. The molecule has 27 heavy (non-hydrogen) atoms. The van der Waals surface area contributed by atoms with Crippen LogP contribution in [0.5, 0.6) is 0 Å². The van der Waals surface area contributed by atoms with Gasteiger partial charge in [0.15, 0.2) is 0 Å². The second-order valence-electron chi connectivity index (χ2n) is 6.48. The van der Waals surface area contributed by atoms with Crippen molar-refractivity contribution in [3.8, 4) is 5.69 Å². The quantitative estimate of drug-likeness (QED) is 0.490. The average Bonchev–Trinajstić information content (AvgIpc) is 3.05. The van der Waals surface area contributed by atoms with Gasteiger partial charge >= 0.3 is 0 Å². The van der Waals surface area contributed by atoms with Crippen LogP contribution >= 0.6 is 0 Å². The van der Waals surface area contributed by atoms with E-state index in [0.717, 1.165) is 12.1 Å². The van der Waals surface area contributed by atoms with Gasteiger partial charge < -0.3 is 10.4 Å². The Morgan fingerprint density at radius 2 is 2.04 bits per heavy atom. The van der Waals surface area contributed by atoms with Crippen molar-refractivity contribution < 1.29 is 5.11 Å². The largest absolute Gasteiger partial charge is 0.393 e. The monoisotopic (exact) mass is 363 g/mol. The van der Waals surface area contributed by atoms with Gasteiger partial charge in [-0.1, -0.05) is 25.1 Å². The lowest BCUT2D eigenvalue weighted by Crippen LogP contribution is -2.13. The number of nitrogens with one attached hydrogen (secondary N) is 2. The maximum atomic E-state index is 12.8. The van der Waals surface area contributed by atoms with Gasteiger partial charge in [0.05, 0.1) is 28.2 Å². The number of aromatic amines is 1. The van der Waals surface area contributed by atoms with E-state index >= 15 is 0 Å². The Labute approximate surface area is 155 Å². The minimum atomic E-state index is -0.317. The Morgan fingerprint density at radius 1 is 1.22 bits per heavy atom. The fourth-order valence-electron chi connectivity index (χ4n) is 3.05. The molecule has 1 atom stereocenters. The lowest BCUT2D eigenvalue weighted by atomic mass is 10.2. The first-order valence-electron chi connectivity index (χ1n) is 9.05. The molecule has 4 aromatic rings. The van der Waals surface area contributed by atoms with E-state index in [-0.39, 0.29) is 11.7 Å². The molecule has 1 unspecified atom stereocenters.